The van der Waals surface area contributed by atoms with Gasteiger partial charge in [0, 0.05) is 37.7 Å². The molecule has 1 unspecified atom stereocenters. The van der Waals surface area contributed by atoms with Crippen molar-refractivity contribution < 1.29 is 4.74 Å². The van der Waals surface area contributed by atoms with Gasteiger partial charge in [0.1, 0.15) is 11.8 Å². The summed E-state index contributed by atoms with van der Waals surface area (Å²) in [4.78, 5) is 8.62. The molecule has 0 aromatic carbocycles. The molecule has 0 saturated carbocycles. The zero-order chi connectivity index (χ0) is 12.4. The molecule has 18 heavy (non-hydrogen) atoms. The average Bonchev–Trinajstić information content (AvgIpc) is 3.02. The highest BCUT2D eigenvalue weighted by Gasteiger charge is 2.19. The van der Waals surface area contributed by atoms with Crippen molar-refractivity contribution in [3.8, 4) is 17.1 Å². The van der Waals surface area contributed by atoms with E-state index in [9.17, 15) is 0 Å². The molecule has 1 aliphatic rings. The van der Waals surface area contributed by atoms with Gasteiger partial charge in [0.2, 0.25) is 5.88 Å². The van der Waals surface area contributed by atoms with Crippen molar-refractivity contribution in [2.24, 2.45) is 7.05 Å². The van der Waals surface area contributed by atoms with Gasteiger partial charge in [-0.25, -0.2) is 9.97 Å². The largest absolute Gasteiger partial charge is 0.471 e. The molecule has 1 saturated heterocycles. The van der Waals surface area contributed by atoms with Crippen LogP contribution in [0.25, 0.3) is 11.3 Å². The zero-order valence-corrected chi connectivity index (χ0v) is 10.2. The molecule has 0 spiro atoms. The van der Waals surface area contributed by atoms with Crippen LogP contribution in [0, 0.1) is 0 Å². The van der Waals surface area contributed by atoms with Gasteiger partial charge >= 0.3 is 0 Å². The molecule has 1 aliphatic heterocycles. The summed E-state index contributed by atoms with van der Waals surface area (Å²) in [5.74, 6) is 0.583. The second-order valence-electron chi connectivity index (χ2n) is 4.35. The van der Waals surface area contributed by atoms with Gasteiger partial charge < -0.3 is 10.1 Å². The number of aryl methyl sites for hydroxylation is 1. The third-order valence-corrected chi connectivity index (χ3v) is 2.94. The Morgan fingerprint density at radius 2 is 2.28 bits per heavy atom. The second kappa shape index (κ2) is 4.73. The van der Waals surface area contributed by atoms with E-state index < -0.39 is 0 Å². The van der Waals surface area contributed by atoms with E-state index in [4.69, 9.17) is 4.74 Å². The first-order valence-corrected chi connectivity index (χ1v) is 6.00. The molecule has 6 nitrogen and oxygen atoms in total. The normalized spacial score (nSPS) is 19.1. The third kappa shape index (κ3) is 2.19. The van der Waals surface area contributed by atoms with E-state index in [-0.39, 0.29) is 6.10 Å². The summed E-state index contributed by atoms with van der Waals surface area (Å²) in [6.45, 7) is 1.86. The van der Waals surface area contributed by atoms with Gasteiger partial charge in [0.25, 0.3) is 0 Å². The van der Waals surface area contributed by atoms with Crippen LogP contribution in [0.2, 0.25) is 0 Å². The van der Waals surface area contributed by atoms with E-state index in [2.05, 4.69) is 20.4 Å². The van der Waals surface area contributed by atoms with Crippen LogP contribution in [0.5, 0.6) is 5.88 Å². The molecule has 6 heteroatoms. The van der Waals surface area contributed by atoms with E-state index >= 15 is 0 Å². The Morgan fingerprint density at radius 1 is 1.39 bits per heavy atom. The van der Waals surface area contributed by atoms with Crippen molar-refractivity contribution in [1.29, 1.82) is 0 Å². The van der Waals surface area contributed by atoms with Crippen molar-refractivity contribution in [2.75, 3.05) is 13.1 Å². The molecule has 0 amide bonds. The van der Waals surface area contributed by atoms with Crippen molar-refractivity contribution in [3.63, 3.8) is 0 Å². The Morgan fingerprint density at radius 3 is 3.00 bits per heavy atom. The summed E-state index contributed by atoms with van der Waals surface area (Å²) in [5.41, 5.74) is 1.67. The summed E-state index contributed by atoms with van der Waals surface area (Å²) in [6.07, 6.45) is 8.17. The molecule has 3 rings (SSSR count). The van der Waals surface area contributed by atoms with E-state index in [1.165, 1.54) is 0 Å². The Balaban J connectivity index is 1.89. The van der Waals surface area contributed by atoms with Crippen LogP contribution in [0.15, 0.2) is 24.8 Å². The zero-order valence-electron chi connectivity index (χ0n) is 10.2. The van der Waals surface area contributed by atoms with Crippen LogP contribution >= 0.6 is 0 Å². The van der Waals surface area contributed by atoms with Crippen LogP contribution in [0.4, 0.5) is 0 Å². The summed E-state index contributed by atoms with van der Waals surface area (Å²) in [7, 11) is 1.88. The SMILES string of the molecule is Cn1cc(-c2nccnc2OC2CCNC2)cn1. The topological polar surface area (TPSA) is 64.9 Å². The third-order valence-electron chi connectivity index (χ3n) is 2.94. The first kappa shape index (κ1) is 11.2. The first-order chi connectivity index (χ1) is 8.83. The molecule has 0 bridgehead atoms. The number of hydrogen-bond donors (Lipinski definition) is 1. The van der Waals surface area contributed by atoms with Crippen molar-refractivity contribution >= 4 is 0 Å². The lowest BCUT2D eigenvalue weighted by atomic mass is 10.2. The standard InChI is InChI=1S/C12H15N5O/c1-17-8-9(6-16-17)11-12(15-5-4-14-11)18-10-2-3-13-7-10/h4-6,8,10,13H,2-3,7H2,1H3. The molecule has 1 fully saturated rings. The highest BCUT2D eigenvalue weighted by molar-refractivity contribution is 5.62. The maximum Gasteiger partial charge on any atom is 0.241 e. The van der Waals surface area contributed by atoms with Crippen LogP contribution in [0.3, 0.4) is 0 Å². The minimum absolute atomic E-state index is 0.178. The van der Waals surface area contributed by atoms with Crippen LogP contribution < -0.4 is 10.1 Å². The number of aromatic nitrogens is 4. The predicted molar refractivity (Wildman–Crippen MR) is 66.1 cm³/mol. The Kier molecular flexibility index (Phi) is 2.93. The number of nitrogens with zero attached hydrogens (tertiary/aromatic N) is 4. The highest BCUT2D eigenvalue weighted by Crippen LogP contribution is 2.26. The number of hydrogen-bond acceptors (Lipinski definition) is 5. The fraction of sp³-hybridized carbons (Fsp3) is 0.417. The van der Waals surface area contributed by atoms with Gasteiger partial charge in [0.05, 0.1) is 6.20 Å². The fourth-order valence-electron chi connectivity index (χ4n) is 2.04. The van der Waals surface area contributed by atoms with E-state index in [1.807, 2.05) is 13.2 Å². The van der Waals surface area contributed by atoms with Gasteiger partial charge in [-0.2, -0.15) is 5.10 Å². The van der Waals surface area contributed by atoms with E-state index in [1.54, 1.807) is 23.3 Å². The Hall–Kier alpha value is -1.95. The molecular formula is C12H15N5O. The molecule has 1 atom stereocenters. The minimum Gasteiger partial charge on any atom is -0.471 e. The van der Waals surface area contributed by atoms with Gasteiger partial charge in [-0.1, -0.05) is 0 Å². The summed E-state index contributed by atoms with van der Waals surface area (Å²) in [6, 6.07) is 0. The number of ether oxygens (including phenoxy) is 1. The van der Waals surface area contributed by atoms with Crippen LogP contribution in [-0.4, -0.2) is 38.9 Å². The fourth-order valence-corrected chi connectivity index (χ4v) is 2.04. The Labute approximate surface area is 105 Å². The summed E-state index contributed by atoms with van der Waals surface area (Å²) < 4.78 is 7.64. The number of nitrogens with one attached hydrogen (secondary N) is 1. The van der Waals surface area contributed by atoms with Gasteiger partial charge in [-0.05, 0) is 13.0 Å². The lowest BCUT2D eigenvalue weighted by Crippen LogP contribution is -2.20. The summed E-state index contributed by atoms with van der Waals surface area (Å²) >= 11 is 0. The molecule has 1 N–H and O–H groups in total. The van der Waals surface area contributed by atoms with Gasteiger partial charge in [-0.3, -0.25) is 4.68 Å². The van der Waals surface area contributed by atoms with Gasteiger partial charge in [0.15, 0.2) is 0 Å². The maximum absolute atomic E-state index is 5.90. The molecule has 0 radical (unpaired) electrons. The second-order valence-corrected chi connectivity index (χ2v) is 4.35. The summed E-state index contributed by atoms with van der Waals surface area (Å²) in [5, 5.41) is 7.41. The first-order valence-electron chi connectivity index (χ1n) is 6.00. The molecule has 3 heterocycles. The van der Waals surface area contributed by atoms with Crippen molar-refractivity contribution in [1.82, 2.24) is 25.1 Å². The predicted octanol–water partition coefficient (Wildman–Crippen LogP) is 0.618. The molecule has 0 aliphatic carbocycles. The Bertz CT molecular complexity index is 533. The lowest BCUT2D eigenvalue weighted by Gasteiger charge is -2.13. The molecule has 94 valence electrons. The van der Waals surface area contributed by atoms with Crippen LogP contribution in [-0.2, 0) is 7.05 Å². The minimum atomic E-state index is 0.178. The van der Waals surface area contributed by atoms with Gasteiger partial charge in [-0.15, -0.1) is 0 Å². The van der Waals surface area contributed by atoms with E-state index in [0.717, 1.165) is 30.8 Å². The molecule has 2 aromatic heterocycles. The monoisotopic (exact) mass is 245 g/mol. The van der Waals surface area contributed by atoms with Crippen LogP contribution in [0.1, 0.15) is 6.42 Å². The van der Waals surface area contributed by atoms with E-state index in [0.29, 0.717) is 5.88 Å². The highest BCUT2D eigenvalue weighted by atomic mass is 16.5. The lowest BCUT2D eigenvalue weighted by molar-refractivity contribution is 0.214. The quantitative estimate of drug-likeness (QED) is 0.858. The maximum atomic E-state index is 5.90. The smallest absolute Gasteiger partial charge is 0.241 e. The average molecular weight is 245 g/mol. The number of rotatable bonds is 3. The molecule has 2 aromatic rings. The molecular weight excluding hydrogens is 230 g/mol. The van der Waals surface area contributed by atoms with Crippen molar-refractivity contribution in [3.05, 3.63) is 24.8 Å². The van der Waals surface area contributed by atoms with Crippen molar-refractivity contribution in [2.45, 2.75) is 12.5 Å².